The van der Waals surface area contributed by atoms with E-state index < -0.39 is 88.7 Å². The van der Waals surface area contributed by atoms with Crippen molar-refractivity contribution in [2.75, 3.05) is 46.4 Å². The average molecular weight is 1270 g/mol. The van der Waals surface area contributed by atoms with Crippen LogP contribution in [0, 0.1) is 36.5 Å². The van der Waals surface area contributed by atoms with Crippen molar-refractivity contribution in [1.82, 2.24) is 39.5 Å². The van der Waals surface area contributed by atoms with Crippen molar-refractivity contribution in [3.8, 4) is 11.5 Å². The fourth-order valence-corrected chi connectivity index (χ4v) is 14.1. The number of aryl methyl sites for hydroxylation is 1. The summed E-state index contributed by atoms with van der Waals surface area (Å²) in [4.78, 5) is 96.2. The van der Waals surface area contributed by atoms with Crippen LogP contribution in [0.15, 0.2) is 105 Å². The molecule has 1 spiro atoms. The number of H-pyrrole nitrogens is 2. The predicted molar refractivity (Wildman–Crippen MR) is 346 cm³/mol. The number of benzene rings is 3. The van der Waals surface area contributed by atoms with Gasteiger partial charge in [-0.15, -0.1) is 0 Å². The molecule has 3 aromatic carbocycles. The second kappa shape index (κ2) is 26.9. The number of Topliss-reactive ketones (excluding diaryl/α,β-unsaturated/α-hetero) is 2. The number of rotatable bonds is 9. The third-order valence-electron chi connectivity index (χ3n) is 19.1. The van der Waals surface area contributed by atoms with Gasteiger partial charge in [0, 0.05) is 125 Å². The SMILES string of the molecule is CO[C@H]1/C=C/O[C@@]2(C)Oc3c(C)c(O)c4c(c3C2=O)C2=NC3(CCN(CC(C)C)CC3)NC2=C(NC(=O)/C(C)=C\C=C\[C@H](C)[C@H](O)[C@@H](C)[C@@H](O)[C@@H](C)[C@H](OC(C)=O)[C@@H]1C)C4=O.O=c1[nH]c2ccccc2n1CCCN1CCC(n2c(=O)[nH]c3cc(Cl)ccc32)CC1. The number of methoxy groups -OCH3 is 1. The number of nitrogens with one attached hydrogen (secondary N) is 4. The number of aliphatic hydroxyl groups is 2. The highest BCUT2D eigenvalue weighted by Gasteiger charge is 2.54. The number of piperidine rings is 2. The summed E-state index contributed by atoms with van der Waals surface area (Å²) in [7, 11) is 1.46. The first-order valence-electron chi connectivity index (χ1n) is 31.6. The standard InChI is InChI=1S/C46H62N4O11.C22H24ClN5O2/c1-22(2)21-50-18-16-46(17-19-50)48-34-31-32-39(54)28(8)42-33(31)43(56)45(10,61-42)59-20-15-30(58-11)25(5)41(60-29(9)51)27(7)38(53)26(6)37(52)23(3)13-12-14-24(4)44(57)47-36(40(32)55)35(34)49-46;23-15-6-7-20-18(14-15)25-22(30)28(20)16-8-12-26(13-9-16)10-3-11-27-19-5-2-1-4-17(19)24-21(27)29/h12-15,20,22-23,25-27,30,37-38,41,49,52-54H,16-19,21H2,1-11H3,(H,47,57);1-2,4-7,14,16H,3,8-13H2,(H,24,29)(H,25,30)/b13-12+,20-15+,24-14-;/t23-,25+,26+,27+,30-,37-,38+,41+,45-;/m0./s1. The zero-order valence-electron chi connectivity index (χ0n) is 53.7. The number of aromatic nitrogens is 4. The van der Waals surface area contributed by atoms with Gasteiger partial charge in [-0.25, -0.2) is 9.59 Å². The topological polar surface area (TPSA) is 284 Å². The Morgan fingerprint density at radius 3 is 2.23 bits per heavy atom. The molecule has 2 saturated heterocycles. The van der Waals surface area contributed by atoms with Gasteiger partial charge >= 0.3 is 23.1 Å². The number of fused-ring (bicyclic) bond motifs is 5. The van der Waals surface area contributed by atoms with Crippen molar-refractivity contribution < 1.29 is 53.4 Å². The number of imidazole rings is 2. The summed E-state index contributed by atoms with van der Waals surface area (Å²) >= 11 is 6.05. The number of amides is 1. The lowest BCUT2D eigenvalue weighted by molar-refractivity contribution is -0.160. The van der Waals surface area contributed by atoms with Gasteiger partial charge in [0.15, 0.2) is 0 Å². The summed E-state index contributed by atoms with van der Waals surface area (Å²) in [6, 6.07) is 13.5. The number of carbonyl (C=O) groups excluding carboxylic acids is 4. The molecule has 1 amide bonds. The van der Waals surface area contributed by atoms with Gasteiger partial charge in [0.1, 0.15) is 29.0 Å². The van der Waals surface area contributed by atoms with Gasteiger partial charge in [0.05, 0.1) is 69.2 Å². The van der Waals surface area contributed by atoms with Crippen LogP contribution in [-0.4, -0.2) is 156 Å². The molecule has 0 radical (unpaired) electrons. The lowest BCUT2D eigenvalue weighted by atomic mass is 9.78. The maximum absolute atomic E-state index is 14.7. The van der Waals surface area contributed by atoms with Crippen LogP contribution in [0.3, 0.4) is 0 Å². The highest BCUT2D eigenvalue weighted by Crippen LogP contribution is 2.50. The first-order valence-corrected chi connectivity index (χ1v) is 32.0. The minimum absolute atomic E-state index is 0.0164. The third kappa shape index (κ3) is 13.3. The smallest absolute Gasteiger partial charge is 0.326 e. The molecule has 488 valence electrons. The Labute approximate surface area is 534 Å². The molecule has 9 atom stereocenters. The normalized spacial score (nSPS) is 28.0. The lowest BCUT2D eigenvalue weighted by Crippen LogP contribution is -2.50. The minimum atomic E-state index is -1.97. The molecular formula is C68H86ClN9O13. The molecule has 11 rings (SSSR count). The molecular weight excluding hydrogens is 1190 g/mol. The number of likely N-dealkylation sites (tertiary alicyclic amines) is 2. The zero-order chi connectivity index (χ0) is 65.5. The van der Waals surface area contributed by atoms with Gasteiger partial charge in [-0.1, -0.05) is 83.5 Å². The van der Waals surface area contributed by atoms with Crippen molar-refractivity contribution in [3.05, 3.63) is 138 Å². The molecule has 0 unspecified atom stereocenters. The average Bonchev–Trinajstić information content (AvgIpc) is 1.58. The molecule has 7 heterocycles. The molecule has 5 aliphatic heterocycles. The van der Waals surface area contributed by atoms with Gasteiger partial charge in [-0.3, -0.25) is 33.3 Å². The van der Waals surface area contributed by atoms with E-state index in [1.165, 1.54) is 34.1 Å². The number of aromatic amines is 2. The van der Waals surface area contributed by atoms with Crippen LogP contribution in [0.2, 0.25) is 5.02 Å². The van der Waals surface area contributed by atoms with E-state index in [2.05, 4.69) is 44.2 Å². The molecule has 2 fully saturated rings. The number of phenols is 1. The number of aliphatic hydroxyl groups excluding tert-OH is 2. The number of aromatic hydroxyl groups is 1. The number of carbonyl (C=O) groups is 4. The maximum atomic E-state index is 14.7. The van der Waals surface area contributed by atoms with Gasteiger partial charge in [-0.2, -0.15) is 0 Å². The second-order valence-electron chi connectivity index (χ2n) is 26.0. The fourth-order valence-electron chi connectivity index (χ4n) is 13.9. The number of allylic oxidation sites excluding steroid dienone is 4. The van der Waals surface area contributed by atoms with Gasteiger partial charge in [0.2, 0.25) is 5.78 Å². The number of ketones is 2. The van der Waals surface area contributed by atoms with E-state index in [0.717, 1.165) is 80.6 Å². The molecule has 1 aliphatic carbocycles. The molecule has 22 nitrogen and oxygen atoms in total. The third-order valence-corrected chi connectivity index (χ3v) is 19.3. The van der Waals surface area contributed by atoms with Gasteiger partial charge < -0.3 is 64.7 Å². The number of ether oxygens (including phenoxy) is 4. The zero-order valence-corrected chi connectivity index (χ0v) is 54.5. The Hall–Kier alpha value is -7.60. The van der Waals surface area contributed by atoms with Crippen molar-refractivity contribution in [2.45, 2.75) is 150 Å². The number of hydrogen-bond donors (Lipinski definition) is 7. The quantitative estimate of drug-likeness (QED) is 0.0689. The van der Waals surface area contributed by atoms with Gasteiger partial charge in [0.25, 0.3) is 11.7 Å². The van der Waals surface area contributed by atoms with Crippen molar-refractivity contribution >= 4 is 62.8 Å². The highest BCUT2D eigenvalue weighted by atomic mass is 35.5. The van der Waals surface area contributed by atoms with Crippen LogP contribution in [-0.2, 0) is 30.3 Å². The molecule has 23 heteroatoms. The molecule has 0 saturated carbocycles. The summed E-state index contributed by atoms with van der Waals surface area (Å²) in [5.74, 6) is -6.78. The minimum Gasteiger partial charge on any atom is -0.507 e. The Balaban J connectivity index is 0.000000251. The lowest BCUT2D eigenvalue weighted by Gasteiger charge is -2.38. The molecule has 5 aromatic rings. The van der Waals surface area contributed by atoms with Crippen LogP contribution < -0.4 is 26.7 Å². The fraction of sp³-hybridized carbons (Fsp3) is 0.515. The maximum Gasteiger partial charge on any atom is 0.326 e. The number of hydrogen-bond acceptors (Lipinski definition) is 17. The number of phenolic OH excluding ortho intramolecular Hbond substituents is 1. The summed E-state index contributed by atoms with van der Waals surface area (Å²) in [6.45, 7) is 23.0. The van der Waals surface area contributed by atoms with Crippen LogP contribution >= 0.6 is 11.6 Å². The number of para-hydroxylation sites is 2. The summed E-state index contributed by atoms with van der Waals surface area (Å²) in [6.07, 6.45) is 7.84. The van der Waals surface area contributed by atoms with Gasteiger partial charge in [-0.05, 0) is 82.0 Å². The summed E-state index contributed by atoms with van der Waals surface area (Å²) < 4.78 is 27.7. The number of nitrogens with zero attached hydrogens (tertiary/aromatic N) is 5. The molecule has 6 aliphatic rings. The molecule has 91 heavy (non-hydrogen) atoms. The van der Waals surface area contributed by atoms with Crippen molar-refractivity contribution in [3.63, 3.8) is 0 Å². The molecule has 2 aromatic heterocycles. The molecule has 7 N–H and O–H groups in total. The second-order valence-corrected chi connectivity index (χ2v) is 26.4. The van der Waals surface area contributed by atoms with E-state index in [-0.39, 0.29) is 68.1 Å². The van der Waals surface area contributed by atoms with E-state index in [0.29, 0.717) is 30.3 Å². The molecule has 5 bridgehead atoms. The van der Waals surface area contributed by atoms with Crippen molar-refractivity contribution in [2.24, 2.45) is 34.6 Å². The number of esters is 1. The monoisotopic (exact) mass is 1270 g/mol. The highest BCUT2D eigenvalue weighted by molar-refractivity contribution is 6.34. The van der Waals surface area contributed by atoms with E-state index >= 15 is 0 Å². The predicted octanol–water partition coefficient (Wildman–Crippen LogP) is 7.97. The first-order chi connectivity index (χ1) is 43.2. The number of halogens is 1. The van der Waals surface area contributed by atoms with Crippen LogP contribution in [0.25, 0.3) is 22.1 Å². The Morgan fingerprint density at radius 1 is 0.835 bits per heavy atom. The Bertz CT molecular complexity index is 3910. The Morgan fingerprint density at radius 2 is 1.54 bits per heavy atom. The number of aliphatic imine (C=N–C) groups is 1. The van der Waals surface area contributed by atoms with Crippen LogP contribution in [0.5, 0.6) is 11.5 Å². The van der Waals surface area contributed by atoms with E-state index in [1.807, 2.05) is 45.5 Å². The largest absolute Gasteiger partial charge is 0.507 e. The van der Waals surface area contributed by atoms with Crippen molar-refractivity contribution in [1.29, 1.82) is 0 Å². The van der Waals surface area contributed by atoms with E-state index in [9.17, 15) is 44.1 Å². The summed E-state index contributed by atoms with van der Waals surface area (Å²) in [5, 5.41) is 41.7. The first kappa shape index (κ1) is 66.3. The van der Waals surface area contributed by atoms with E-state index in [1.54, 1.807) is 65.0 Å². The van der Waals surface area contributed by atoms with E-state index in [4.69, 9.17) is 35.5 Å². The van der Waals surface area contributed by atoms with Crippen LogP contribution in [0.1, 0.15) is 132 Å². The van der Waals surface area contributed by atoms with Crippen LogP contribution in [0.4, 0.5) is 0 Å². The Kier molecular flexibility index (Phi) is 19.6. The summed E-state index contributed by atoms with van der Waals surface area (Å²) in [5.41, 5.74) is 3.25.